The van der Waals surface area contributed by atoms with Crippen molar-refractivity contribution in [3.8, 4) is 0 Å². The zero-order chi connectivity index (χ0) is 23.6. The third-order valence-electron chi connectivity index (χ3n) is 2.98. The number of nitrogens with two attached hydrogens (primary N) is 4. The van der Waals surface area contributed by atoms with Gasteiger partial charge in [-0.2, -0.15) is 0 Å². The Kier molecular flexibility index (Phi) is 19.8. The summed E-state index contributed by atoms with van der Waals surface area (Å²) in [4.78, 5) is 49.6. The Hall–Kier alpha value is -2.81. The molecule has 0 aromatic carbocycles. The number of aliphatic carboxylic acids is 5. The van der Waals surface area contributed by atoms with Gasteiger partial charge in [0.15, 0.2) is 0 Å². The summed E-state index contributed by atoms with van der Waals surface area (Å²) in [5.41, 5.74) is 20.3. The van der Waals surface area contributed by atoms with Gasteiger partial charge in [0.25, 0.3) is 0 Å². The molecule has 14 heteroatoms. The highest BCUT2D eigenvalue weighted by Gasteiger charge is 2.14. The van der Waals surface area contributed by atoms with Gasteiger partial charge in [-0.3, -0.25) is 24.0 Å². The molecule has 0 spiro atoms. The lowest BCUT2D eigenvalue weighted by Gasteiger charge is -2.03. The molecule has 170 valence electrons. The molecule has 0 radical (unpaired) electrons. The summed E-state index contributed by atoms with van der Waals surface area (Å²) in [6.07, 6.45) is 1.41. The first-order chi connectivity index (χ1) is 13.3. The molecule has 0 aliphatic carbocycles. The highest BCUT2D eigenvalue weighted by molar-refractivity contribution is 5.80. The van der Waals surface area contributed by atoms with Crippen molar-refractivity contribution in [2.45, 2.75) is 56.7 Å². The number of carboxylic acids is 5. The smallest absolute Gasteiger partial charge is 0.321 e. The molecule has 3 atom stereocenters. The summed E-state index contributed by atoms with van der Waals surface area (Å²) >= 11 is 0. The molecule has 0 aromatic rings. The van der Waals surface area contributed by atoms with Crippen LogP contribution in [0.25, 0.3) is 0 Å². The molecule has 0 aliphatic heterocycles. The van der Waals surface area contributed by atoms with Gasteiger partial charge in [0.1, 0.15) is 18.1 Å². The lowest BCUT2D eigenvalue weighted by Crippen LogP contribution is -2.32. The van der Waals surface area contributed by atoms with Gasteiger partial charge in [0.2, 0.25) is 0 Å². The number of carbonyl (C=O) groups is 5. The monoisotopic (exact) mass is 426 g/mol. The number of carboxylic acid groups (broad SMARTS) is 5. The van der Waals surface area contributed by atoms with Gasteiger partial charge in [0, 0.05) is 6.42 Å². The Morgan fingerprint density at radius 2 is 1.03 bits per heavy atom. The van der Waals surface area contributed by atoms with Gasteiger partial charge < -0.3 is 48.5 Å². The zero-order valence-corrected chi connectivity index (χ0v) is 15.8. The van der Waals surface area contributed by atoms with Gasteiger partial charge in [-0.05, 0) is 25.8 Å². The first-order valence-electron chi connectivity index (χ1n) is 8.34. The summed E-state index contributed by atoms with van der Waals surface area (Å²) in [6.45, 7) is 0.604. The second kappa shape index (κ2) is 18.5. The third-order valence-corrected chi connectivity index (χ3v) is 2.98. The van der Waals surface area contributed by atoms with Crippen LogP contribution in [0.1, 0.15) is 38.5 Å². The maximum absolute atomic E-state index is 10.1. The van der Waals surface area contributed by atoms with Crippen LogP contribution in [-0.4, -0.2) is 80.0 Å². The van der Waals surface area contributed by atoms with Crippen LogP contribution in [0.5, 0.6) is 0 Å². The zero-order valence-electron chi connectivity index (χ0n) is 15.8. The minimum absolute atomic E-state index is 0.0231. The van der Waals surface area contributed by atoms with Crippen molar-refractivity contribution >= 4 is 29.8 Å². The molecule has 0 fully saturated rings. The SMILES string of the molecule is NCCCC[C@H](N)C(=O)O.N[C@@H](CC(=O)O)C(=O)O.N[C@@H](CCC(=O)O)C(=O)O. The van der Waals surface area contributed by atoms with Crippen LogP contribution < -0.4 is 22.9 Å². The quantitative estimate of drug-likeness (QED) is 0.148. The second-order valence-corrected chi connectivity index (χ2v) is 5.65. The van der Waals surface area contributed by atoms with Crippen molar-refractivity contribution in [1.29, 1.82) is 0 Å². The van der Waals surface area contributed by atoms with Gasteiger partial charge >= 0.3 is 29.8 Å². The van der Waals surface area contributed by atoms with Crippen LogP contribution >= 0.6 is 0 Å². The van der Waals surface area contributed by atoms with Gasteiger partial charge in [-0.15, -0.1) is 0 Å². The third kappa shape index (κ3) is 25.2. The van der Waals surface area contributed by atoms with E-state index in [2.05, 4.69) is 0 Å². The fraction of sp³-hybridized carbons (Fsp3) is 0.667. The molecule has 13 N–H and O–H groups in total. The lowest BCUT2D eigenvalue weighted by atomic mass is 10.1. The fourth-order valence-corrected chi connectivity index (χ4v) is 1.31. The summed E-state index contributed by atoms with van der Waals surface area (Å²) < 4.78 is 0. The lowest BCUT2D eigenvalue weighted by molar-refractivity contribution is -0.144. The van der Waals surface area contributed by atoms with Crippen LogP contribution in [0.3, 0.4) is 0 Å². The fourth-order valence-electron chi connectivity index (χ4n) is 1.31. The number of unbranched alkanes of at least 4 members (excludes halogenated alkanes) is 1. The molecule has 0 heterocycles. The van der Waals surface area contributed by atoms with Crippen molar-refractivity contribution in [1.82, 2.24) is 0 Å². The molecule has 0 rings (SSSR count). The van der Waals surface area contributed by atoms with Crippen LogP contribution in [-0.2, 0) is 24.0 Å². The van der Waals surface area contributed by atoms with Gasteiger partial charge in [0.05, 0.1) is 6.42 Å². The van der Waals surface area contributed by atoms with Crippen LogP contribution in [0.15, 0.2) is 0 Å². The molecular weight excluding hydrogens is 396 g/mol. The van der Waals surface area contributed by atoms with E-state index in [4.69, 9.17) is 48.5 Å². The first-order valence-corrected chi connectivity index (χ1v) is 8.34. The second-order valence-electron chi connectivity index (χ2n) is 5.65. The Balaban J connectivity index is -0.000000350. The topological polar surface area (TPSA) is 291 Å². The molecule has 14 nitrogen and oxygen atoms in total. The van der Waals surface area contributed by atoms with E-state index >= 15 is 0 Å². The minimum atomic E-state index is -1.29. The van der Waals surface area contributed by atoms with Crippen LogP contribution in [0.2, 0.25) is 0 Å². The van der Waals surface area contributed by atoms with E-state index in [-0.39, 0.29) is 12.8 Å². The van der Waals surface area contributed by atoms with E-state index in [1.54, 1.807) is 0 Å². The standard InChI is InChI=1S/C6H14N2O2.C5H9NO4.C4H7NO4/c7-4-2-1-3-5(8)6(9)10;6-3(5(9)10)1-2-4(7)8;5-2(4(8)9)1-3(6)7/h5H,1-4,7-8H2,(H,9,10);3H,1-2,6H2,(H,7,8)(H,9,10);2H,1,5H2,(H,6,7)(H,8,9)/t5-;3-;2-/m000/s1. The van der Waals surface area contributed by atoms with E-state index in [0.717, 1.165) is 12.8 Å². The molecule has 0 saturated heterocycles. The number of hydrogen-bond acceptors (Lipinski definition) is 9. The van der Waals surface area contributed by atoms with Crippen LogP contribution in [0, 0.1) is 0 Å². The Bertz CT molecular complexity index is 529. The molecule has 0 unspecified atom stereocenters. The van der Waals surface area contributed by atoms with Crippen molar-refractivity contribution in [3.63, 3.8) is 0 Å². The highest BCUT2D eigenvalue weighted by atomic mass is 16.4. The molecule has 0 aromatic heterocycles. The van der Waals surface area contributed by atoms with E-state index in [0.29, 0.717) is 13.0 Å². The van der Waals surface area contributed by atoms with Gasteiger partial charge in [-0.1, -0.05) is 6.42 Å². The normalized spacial score (nSPS) is 12.7. The summed E-state index contributed by atoms with van der Waals surface area (Å²) in [5.74, 6) is -5.63. The van der Waals surface area contributed by atoms with Crippen molar-refractivity contribution in [2.75, 3.05) is 6.54 Å². The Morgan fingerprint density at radius 3 is 1.31 bits per heavy atom. The molecule has 29 heavy (non-hydrogen) atoms. The maximum atomic E-state index is 10.1. The predicted molar refractivity (Wildman–Crippen MR) is 98.9 cm³/mol. The molecule has 0 bridgehead atoms. The molecule has 0 aliphatic rings. The van der Waals surface area contributed by atoms with E-state index in [1.807, 2.05) is 0 Å². The summed E-state index contributed by atoms with van der Waals surface area (Å²) in [6, 6.07) is -3.06. The number of rotatable bonds is 12. The first kappa shape index (κ1) is 30.9. The molecular formula is C15H30N4O10. The van der Waals surface area contributed by atoms with E-state index in [9.17, 15) is 24.0 Å². The molecule has 0 saturated carbocycles. The summed E-state index contributed by atoms with van der Waals surface area (Å²) in [7, 11) is 0. The van der Waals surface area contributed by atoms with Crippen molar-refractivity contribution < 1.29 is 49.5 Å². The average molecular weight is 426 g/mol. The average Bonchev–Trinajstić information content (AvgIpc) is 2.59. The Labute approximate surface area is 166 Å². The van der Waals surface area contributed by atoms with E-state index in [1.165, 1.54) is 0 Å². The largest absolute Gasteiger partial charge is 0.481 e. The summed E-state index contributed by atoms with van der Waals surface area (Å²) in [5, 5.41) is 40.6. The maximum Gasteiger partial charge on any atom is 0.321 e. The van der Waals surface area contributed by atoms with Gasteiger partial charge in [-0.25, -0.2) is 0 Å². The van der Waals surface area contributed by atoms with E-state index < -0.39 is 54.4 Å². The Morgan fingerprint density at radius 1 is 0.621 bits per heavy atom. The number of hydrogen-bond donors (Lipinski definition) is 9. The highest BCUT2D eigenvalue weighted by Crippen LogP contribution is 1.97. The minimum Gasteiger partial charge on any atom is -0.481 e. The van der Waals surface area contributed by atoms with Crippen molar-refractivity contribution in [2.24, 2.45) is 22.9 Å². The van der Waals surface area contributed by atoms with Crippen LogP contribution in [0.4, 0.5) is 0 Å². The van der Waals surface area contributed by atoms with Crippen molar-refractivity contribution in [3.05, 3.63) is 0 Å². The predicted octanol–water partition coefficient (Wildman–Crippen LogP) is -2.34. The molecule has 0 amide bonds.